The predicted octanol–water partition coefficient (Wildman–Crippen LogP) is 2.89. The number of hydrogen-bond acceptors (Lipinski definition) is 6. The van der Waals surface area contributed by atoms with Crippen LogP contribution in [0, 0.1) is 0 Å². The lowest BCUT2D eigenvalue weighted by molar-refractivity contribution is 0.0420. The smallest absolute Gasteiger partial charge is 0.191 e. The lowest BCUT2D eigenvalue weighted by atomic mass is 10.2. The molecule has 0 saturated carbocycles. The van der Waals surface area contributed by atoms with Crippen LogP contribution in [0.3, 0.4) is 0 Å². The first kappa shape index (κ1) is 28.7. The van der Waals surface area contributed by atoms with Gasteiger partial charge in [0.05, 0.1) is 19.8 Å². The number of halogens is 1. The zero-order valence-electron chi connectivity index (χ0n) is 20.0. The molecule has 0 bridgehead atoms. The number of nitrogens with one attached hydrogen (secondary N) is 2. The molecular formula is C23H41IN4O4. The maximum absolute atomic E-state index is 5.93. The lowest BCUT2D eigenvalue weighted by Crippen LogP contribution is -2.37. The van der Waals surface area contributed by atoms with E-state index in [4.69, 9.17) is 18.9 Å². The molecule has 1 unspecified atom stereocenters. The van der Waals surface area contributed by atoms with Gasteiger partial charge in [0.15, 0.2) is 17.5 Å². The molecule has 9 heteroatoms. The Hall–Kier alpha value is -1.30. The van der Waals surface area contributed by atoms with E-state index >= 15 is 0 Å². The summed E-state index contributed by atoms with van der Waals surface area (Å²) in [6, 6.07) is 6.02. The van der Waals surface area contributed by atoms with Gasteiger partial charge in [0, 0.05) is 39.9 Å². The fourth-order valence-corrected chi connectivity index (χ4v) is 3.35. The van der Waals surface area contributed by atoms with Crippen LogP contribution in [0.1, 0.15) is 32.3 Å². The number of rotatable bonds is 14. The lowest BCUT2D eigenvalue weighted by Gasteiger charge is -2.19. The molecular weight excluding hydrogens is 523 g/mol. The summed E-state index contributed by atoms with van der Waals surface area (Å²) < 4.78 is 22.6. The Bertz CT molecular complexity index is 653. The zero-order chi connectivity index (χ0) is 22.3. The second-order valence-corrected chi connectivity index (χ2v) is 7.42. The minimum Gasteiger partial charge on any atom is -0.493 e. The molecule has 1 aliphatic rings. The Morgan fingerprint density at radius 3 is 2.66 bits per heavy atom. The summed E-state index contributed by atoms with van der Waals surface area (Å²) in [5, 5.41) is 6.66. The SMILES string of the molecule is CCN(CC)CCOc1ccc(CNC(=NC)NCCCOC2CCOC2)cc1OC.I. The van der Waals surface area contributed by atoms with Crippen molar-refractivity contribution in [1.29, 1.82) is 0 Å². The van der Waals surface area contributed by atoms with Gasteiger partial charge in [-0.25, -0.2) is 0 Å². The molecule has 1 aromatic carbocycles. The van der Waals surface area contributed by atoms with Crippen LogP contribution in [-0.2, 0) is 16.0 Å². The van der Waals surface area contributed by atoms with E-state index < -0.39 is 0 Å². The monoisotopic (exact) mass is 564 g/mol. The molecule has 0 radical (unpaired) electrons. The maximum Gasteiger partial charge on any atom is 0.191 e. The average Bonchev–Trinajstić information content (AvgIpc) is 3.32. The fourth-order valence-electron chi connectivity index (χ4n) is 3.35. The molecule has 0 spiro atoms. The van der Waals surface area contributed by atoms with E-state index in [1.165, 1.54) is 0 Å². The highest BCUT2D eigenvalue weighted by molar-refractivity contribution is 14.0. The average molecular weight is 565 g/mol. The second kappa shape index (κ2) is 17.2. The number of methoxy groups -OCH3 is 1. The van der Waals surface area contributed by atoms with E-state index in [1.807, 2.05) is 18.2 Å². The molecule has 8 nitrogen and oxygen atoms in total. The summed E-state index contributed by atoms with van der Waals surface area (Å²) in [6.45, 7) is 11.6. The molecule has 2 N–H and O–H groups in total. The molecule has 0 aromatic heterocycles. The normalized spacial score (nSPS) is 16.0. The van der Waals surface area contributed by atoms with Gasteiger partial charge in [-0.15, -0.1) is 24.0 Å². The molecule has 0 amide bonds. The highest BCUT2D eigenvalue weighted by Gasteiger charge is 2.15. The van der Waals surface area contributed by atoms with E-state index in [1.54, 1.807) is 14.2 Å². The van der Waals surface area contributed by atoms with Crippen LogP contribution >= 0.6 is 24.0 Å². The number of ether oxygens (including phenoxy) is 4. The van der Waals surface area contributed by atoms with Crippen molar-refractivity contribution in [3.63, 3.8) is 0 Å². The summed E-state index contributed by atoms with van der Waals surface area (Å²) >= 11 is 0. The van der Waals surface area contributed by atoms with Gasteiger partial charge in [-0.1, -0.05) is 19.9 Å². The Morgan fingerprint density at radius 2 is 2.00 bits per heavy atom. The fraction of sp³-hybridized carbons (Fsp3) is 0.696. The van der Waals surface area contributed by atoms with Gasteiger partial charge in [-0.3, -0.25) is 4.99 Å². The zero-order valence-corrected chi connectivity index (χ0v) is 22.4. The first-order valence-corrected chi connectivity index (χ1v) is 11.4. The summed E-state index contributed by atoms with van der Waals surface area (Å²) in [5.74, 6) is 2.28. The summed E-state index contributed by atoms with van der Waals surface area (Å²) in [4.78, 5) is 6.62. The molecule has 1 atom stereocenters. The standard InChI is InChI=1S/C23H40N4O4.HI/c1-5-27(6-2)12-15-31-21-9-8-19(16-22(21)28-4)17-26-23(24-3)25-11-7-13-30-20-10-14-29-18-20;/h8-9,16,20H,5-7,10-15,17-18H2,1-4H3,(H2,24,25,26);1H. The number of guanidine groups is 1. The van der Waals surface area contributed by atoms with Gasteiger partial charge in [0.2, 0.25) is 0 Å². The Morgan fingerprint density at radius 1 is 1.19 bits per heavy atom. The predicted molar refractivity (Wildman–Crippen MR) is 140 cm³/mol. The highest BCUT2D eigenvalue weighted by atomic mass is 127. The van der Waals surface area contributed by atoms with E-state index in [9.17, 15) is 0 Å². The quantitative estimate of drug-likeness (QED) is 0.156. The number of hydrogen-bond donors (Lipinski definition) is 2. The first-order valence-electron chi connectivity index (χ1n) is 11.4. The van der Waals surface area contributed by atoms with Crippen LogP contribution in [0.4, 0.5) is 0 Å². The highest BCUT2D eigenvalue weighted by Crippen LogP contribution is 2.28. The molecule has 2 rings (SSSR count). The Labute approximate surface area is 210 Å². The Kier molecular flexibility index (Phi) is 15.5. The van der Waals surface area contributed by atoms with Crippen LogP contribution in [0.15, 0.2) is 23.2 Å². The summed E-state index contributed by atoms with van der Waals surface area (Å²) in [5.41, 5.74) is 1.10. The van der Waals surface area contributed by atoms with Crippen molar-refractivity contribution < 1.29 is 18.9 Å². The van der Waals surface area contributed by atoms with Crippen molar-refractivity contribution in [3.05, 3.63) is 23.8 Å². The molecule has 32 heavy (non-hydrogen) atoms. The van der Waals surface area contributed by atoms with Gasteiger partial charge < -0.3 is 34.5 Å². The minimum atomic E-state index is 0. The van der Waals surface area contributed by atoms with Gasteiger partial charge in [-0.2, -0.15) is 0 Å². The van der Waals surface area contributed by atoms with E-state index in [-0.39, 0.29) is 30.1 Å². The molecule has 1 saturated heterocycles. The Balaban J connectivity index is 0.00000512. The van der Waals surface area contributed by atoms with Gasteiger partial charge >= 0.3 is 0 Å². The number of benzene rings is 1. The summed E-state index contributed by atoms with van der Waals surface area (Å²) in [7, 11) is 3.44. The largest absolute Gasteiger partial charge is 0.493 e. The van der Waals surface area contributed by atoms with Crippen molar-refractivity contribution >= 4 is 29.9 Å². The third-order valence-electron chi connectivity index (χ3n) is 5.33. The van der Waals surface area contributed by atoms with Gasteiger partial charge in [0.1, 0.15) is 6.61 Å². The van der Waals surface area contributed by atoms with Crippen molar-refractivity contribution in [1.82, 2.24) is 15.5 Å². The van der Waals surface area contributed by atoms with Crippen molar-refractivity contribution in [3.8, 4) is 11.5 Å². The van der Waals surface area contributed by atoms with Crippen LogP contribution in [0.25, 0.3) is 0 Å². The minimum absolute atomic E-state index is 0. The van der Waals surface area contributed by atoms with Crippen LogP contribution in [-0.4, -0.2) is 83.7 Å². The van der Waals surface area contributed by atoms with Crippen LogP contribution < -0.4 is 20.1 Å². The molecule has 1 aromatic rings. The summed E-state index contributed by atoms with van der Waals surface area (Å²) in [6.07, 6.45) is 2.18. The van der Waals surface area contributed by atoms with Crippen LogP contribution in [0.5, 0.6) is 11.5 Å². The van der Waals surface area contributed by atoms with Crippen molar-refractivity contribution in [2.75, 3.05) is 66.8 Å². The molecule has 0 aliphatic carbocycles. The number of nitrogens with zero attached hydrogens (tertiary/aromatic N) is 2. The number of aliphatic imine (C=N–C) groups is 1. The maximum atomic E-state index is 5.93. The van der Waals surface area contributed by atoms with E-state index in [2.05, 4.69) is 34.4 Å². The third kappa shape index (κ3) is 10.5. The van der Waals surface area contributed by atoms with Crippen LogP contribution in [0.2, 0.25) is 0 Å². The van der Waals surface area contributed by atoms with Crippen molar-refractivity contribution in [2.24, 2.45) is 4.99 Å². The first-order chi connectivity index (χ1) is 15.2. The molecule has 1 heterocycles. The van der Waals surface area contributed by atoms with E-state index in [0.717, 1.165) is 81.9 Å². The molecule has 1 aliphatic heterocycles. The third-order valence-corrected chi connectivity index (χ3v) is 5.33. The number of likely N-dealkylation sites (N-methyl/N-ethyl adjacent to an activating group) is 1. The van der Waals surface area contributed by atoms with Crippen molar-refractivity contribution in [2.45, 2.75) is 39.3 Å². The molecule has 184 valence electrons. The molecule has 1 fully saturated rings. The van der Waals surface area contributed by atoms with Gasteiger partial charge in [0.25, 0.3) is 0 Å². The second-order valence-electron chi connectivity index (χ2n) is 7.42. The van der Waals surface area contributed by atoms with Gasteiger partial charge in [-0.05, 0) is 43.6 Å². The van der Waals surface area contributed by atoms with E-state index in [0.29, 0.717) is 13.2 Å². The topological polar surface area (TPSA) is 76.6 Å².